The minimum absolute atomic E-state index is 0.883. The summed E-state index contributed by atoms with van der Waals surface area (Å²) in [4.78, 5) is 23.3. The van der Waals surface area contributed by atoms with E-state index in [2.05, 4.69) is 163 Å². The largest absolute Gasteiger partial charge is 0.354 e. The highest BCUT2D eigenvalue weighted by atomic mass is 14.8. The molecule has 2 aliphatic heterocycles. The summed E-state index contributed by atoms with van der Waals surface area (Å²) in [5.41, 5.74) is 20.2. The average molecular weight is 784 g/mol. The number of pyridine rings is 1. The lowest BCUT2D eigenvalue weighted by atomic mass is 10.00. The first-order valence-electron chi connectivity index (χ1n) is 21.9. The maximum absolute atomic E-state index is 5.52. The van der Waals surface area contributed by atoms with Crippen molar-refractivity contribution in [2.45, 2.75) is 78.6 Å². The van der Waals surface area contributed by atoms with Gasteiger partial charge in [-0.05, 0) is 127 Å². The normalized spacial score (nSPS) is 12.1. The predicted molar refractivity (Wildman–Crippen MR) is 254 cm³/mol. The molecule has 0 unspecified atom stereocenters. The van der Waals surface area contributed by atoms with E-state index in [1.165, 1.54) is 55.2 Å². The third-order valence-corrected chi connectivity index (χ3v) is 11.9. The van der Waals surface area contributed by atoms with Crippen molar-refractivity contribution in [2.24, 2.45) is 0 Å². The molecule has 0 fully saturated rings. The molecule has 3 aromatic carbocycles. The molecule has 0 amide bonds. The molecule has 2 aliphatic rings. The zero-order valence-corrected chi connectivity index (χ0v) is 35.1. The molecule has 0 radical (unpaired) electrons. The van der Waals surface area contributed by atoms with E-state index in [-0.39, 0.29) is 0 Å². The van der Waals surface area contributed by atoms with Gasteiger partial charge in [-0.3, -0.25) is 4.98 Å². The molecule has 0 atom stereocenters. The Kier molecular flexibility index (Phi) is 11.5. The molecule has 9 rings (SSSR count). The molecule has 0 saturated heterocycles. The average Bonchev–Trinajstić information content (AvgIpc) is 4.14. The summed E-state index contributed by atoms with van der Waals surface area (Å²) in [5.74, 6) is 0. The number of nitrogens with one attached hydrogen (secondary N) is 2. The molecule has 8 bridgehead atoms. The fourth-order valence-electron chi connectivity index (χ4n) is 8.59. The molecule has 0 spiro atoms. The molecular formula is C55H53N5. The molecule has 60 heavy (non-hydrogen) atoms. The van der Waals surface area contributed by atoms with Gasteiger partial charge in [0.1, 0.15) is 0 Å². The van der Waals surface area contributed by atoms with Crippen LogP contribution in [0.4, 0.5) is 0 Å². The second-order valence-corrected chi connectivity index (χ2v) is 16.1. The lowest BCUT2D eigenvalue weighted by molar-refractivity contribution is 0.795. The molecule has 6 heterocycles. The number of hydrogen-bond donors (Lipinski definition) is 2. The molecule has 0 saturated carbocycles. The first-order chi connectivity index (χ1) is 29.6. The van der Waals surface area contributed by atoms with Crippen LogP contribution >= 0.6 is 0 Å². The van der Waals surface area contributed by atoms with Gasteiger partial charge in [-0.2, -0.15) is 0 Å². The van der Waals surface area contributed by atoms with Gasteiger partial charge in [-0.1, -0.05) is 119 Å². The second kappa shape index (κ2) is 17.7. The Hall–Kier alpha value is -6.59. The van der Waals surface area contributed by atoms with Crippen LogP contribution in [0.15, 0.2) is 122 Å². The van der Waals surface area contributed by atoms with Gasteiger partial charge in [0, 0.05) is 62.3 Å². The number of hydrogen-bond acceptors (Lipinski definition) is 3. The second-order valence-electron chi connectivity index (χ2n) is 16.1. The van der Waals surface area contributed by atoms with Crippen molar-refractivity contribution < 1.29 is 0 Å². The molecule has 298 valence electrons. The van der Waals surface area contributed by atoms with Crippen LogP contribution < -0.4 is 0 Å². The zero-order valence-electron chi connectivity index (χ0n) is 35.1. The summed E-state index contributed by atoms with van der Waals surface area (Å²) in [6.07, 6.45) is 22.7. The molecule has 7 aromatic rings. The summed E-state index contributed by atoms with van der Waals surface area (Å²) < 4.78 is 0. The summed E-state index contributed by atoms with van der Waals surface area (Å²) in [7, 11) is 0. The first-order valence-corrected chi connectivity index (χ1v) is 21.9. The molecule has 5 heteroatoms. The smallest absolute Gasteiger partial charge is 0.0737 e. The Balaban J connectivity index is 1.37. The number of aromatic amines is 2. The number of rotatable bonds is 13. The van der Waals surface area contributed by atoms with Gasteiger partial charge in [0.25, 0.3) is 0 Å². The standard InChI is InChI=1S/C55H53N5/c1-4-7-11-37-15-21-40(22-16-37)52-44-27-29-46(57-44)53(41-23-17-38(18-24-41)12-8-5-2)48-31-33-50(59-48)55(43-14-10-35-56-36-43)51-34-32-49(60-51)54(47-30-28-45(52)58-47)42-25-19-39(20-26-42)13-9-6-3/h10,14-36,57,60H,4-9,11-13H2,1-3H3. The number of nitrogens with zero attached hydrogens (tertiary/aromatic N) is 3. The Morgan fingerprint density at radius 3 is 1.02 bits per heavy atom. The van der Waals surface area contributed by atoms with Crippen LogP contribution in [0.5, 0.6) is 0 Å². The van der Waals surface area contributed by atoms with E-state index in [0.717, 1.165) is 109 Å². The van der Waals surface area contributed by atoms with Gasteiger partial charge in [0.2, 0.25) is 0 Å². The first kappa shape index (κ1) is 38.9. The number of H-pyrrole nitrogens is 2. The van der Waals surface area contributed by atoms with Gasteiger partial charge in [-0.15, -0.1) is 0 Å². The monoisotopic (exact) mass is 783 g/mol. The van der Waals surface area contributed by atoms with Crippen molar-refractivity contribution in [2.75, 3.05) is 0 Å². The van der Waals surface area contributed by atoms with Crippen LogP contribution in [-0.2, 0) is 19.3 Å². The molecule has 4 aromatic heterocycles. The molecular weight excluding hydrogens is 731 g/mol. The zero-order chi connectivity index (χ0) is 40.8. The van der Waals surface area contributed by atoms with Crippen LogP contribution in [0.25, 0.3) is 90.9 Å². The van der Waals surface area contributed by atoms with E-state index < -0.39 is 0 Å². The van der Waals surface area contributed by atoms with Crippen molar-refractivity contribution >= 4 is 46.4 Å². The Morgan fingerprint density at radius 1 is 0.383 bits per heavy atom. The SMILES string of the molecule is CCCCc1ccc(-c2c3nc(c(-c4ccc(CCCC)cc4)c4ccc([nH]4)c(-c4cccnc4)c4nc(c(-c5ccc(CCCC)cc5)c5ccc2[nH]5)C=C4)C=C3)cc1. The number of benzene rings is 3. The quantitative estimate of drug-likeness (QED) is 0.122. The third-order valence-electron chi connectivity index (χ3n) is 11.9. The Labute approximate surface area is 354 Å². The molecule has 2 N–H and O–H groups in total. The van der Waals surface area contributed by atoms with E-state index >= 15 is 0 Å². The van der Waals surface area contributed by atoms with Crippen LogP contribution in [0, 0.1) is 0 Å². The summed E-state index contributed by atoms with van der Waals surface area (Å²) in [6.45, 7) is 6.74. The van der Waals surface area contributed by atoms with Gasteiger partial charge >= 0.3 is 0 Å². The van der Waals surface area contributed by atoms with Crippen LogP contribution in [0.3, 0.4) is 0 Å². The van der Waals surface area contributed by atoms with Crippen molar-refractivity contribution in [1.82, 2.24) is 24.9 Å². The lowest BCUT2D eigenvalue weighted by Crippen LogP contribution is -1.91. The fourth-order valence-corrected chi connectivity index (χ4v) is 8.59. The highest BCUT2D eigenvalue weighted by Gasteiger charge is 2.19. The predicted octanol–water partition coefficient (Wildman–Crippen LogP) is 14.7. The van der Waals surface area contributed by atoms with Gasteiger partial charge in [0.15, 0.2) is 0 Å². The number of fused-ring (bicyclic) bond motifs is 8. The summed E-state index contributed by atoms with van der Waals surface area (Å²) in [6, 6.07) is 40.1. The van der Waals surface area contributed by atoms with Gasteiger partial charge in [0.05, 0.1) is 22.8 Å². The fraction of sp³-hybridized carbons (Fsp3) is 0.218. The third kappa shape index (κ3) is 8.05. The van der Waals surface area contributed by atoms with E-state index in [0.29, 0.717) is 0 Å². The van der Waals surface area contributed by atoms with E-state index in [1.54, 1.807) is 0 Å². The summed E-state index contributed by atoms with van der Waals surface area (Å²) >= 11 is 0. The van der Waals surface area contributed by atoms with Gasteiger partial charge in [-0.25, -0.2) is 9.97 Å². The van der Waals surface area contributed by atoms with Crippen molar-refractivity contribution in [3.05, 3.63) is 161 Å². The van der Waals surface area contributed by atoms with E-state index in [9.17, 15) is 0 Å². The van der Waals surface area contributed by atoms with Crippen LogP contribution in [0.1, 0.15) is 98.8 Å². The van der Waals surface area contributed by atoms with Crippen molar-refractivity contribution in [1.29, 1.82) is 0 Å². The lowest BCUT2D eigenvalue weighted by Gasteiger charge is -2.08. The minimum atomic E-state index is 0.883. The van der Waals surface area contributed by atoms with Crippen LogP contribution in [0.2, 0.25) is 0 Å². The summed E-state index contributed by atoms with van der Waals surface area (Å²) in [5, 5.41) is 0. The van der Waals surface area contributed by atoms with Crippen LogP contribution in [-0.4, -0.2) is 24.9 Å². The Morgan fingerprint density at radius 2 is 0.717 bits per heavy atom. The highest BCUT2D eigenvalue weighted by Crippen LogP contribution is 2.38. The van der Waals surface area contributed by atoms with Crippen molar-refractivity contribution in [3.63, 3.8) is 0 Å². The topological polar surface area (TPSA) is 70.2 Å². The Bertz CT molecular complexity index is 2790. The highest BCUT2D eigenvalue weighted by molar-refractivity contribution is 5.99. The number of aryl methyl sites for hydroxylation is 3. The minimum Gasteiger partial charge on any atom is -0.354 e. The molecule has 5 nitrogen and oxygen atoms in total. The van der Waals surface area contributed by atoms with Crippen molar-refractivity contribution in [3.8, 4) is 44.5 Å². The molecule has 0 aliphatic carbocycles. The van der Waals surface area contributed by atoms with E-state index in [4.69, 9.17) is 9.97 Å². The number of unbranched alkanes of at least 4 members (excludes halogenated alkanes) is 3. The maximum Gasteiger partial charge on any atom is 0.0737 e. The number of aromatic nitrogens is 5. The maximum atomic E-state index is 5.52. The van der Waals surface area contributed by atoms with E-state index in [1.807, 2.05) is 18.5 Å². The van der Waals surface area contributed by atoms with Gasteiger partial charge < -0.3 is 9.97 Å².